The Morgan fingerprint density at radius 1 is 1.38 bits per heavy atom. The Balaban J connectivity index is 0.00000132. The molecule has 0 saturated carbocycles. The molecule has 0 aliphatic carbocycles. The lowest BCUT2D eigenvalue weighted by Gasteiger charge is -2.19. The number of nitrogens with zero attached hydrogens (tertiary/aromatic N) is 2. The van der Waals surface area contributed by atoms with Gasteiger partial charge in [-0.05, 0) is 25.5 Å². The van der Waals surface area contributed by atoms with Crippen molar-refractivity contribution in [3.05, 3.63) is 28.9 Å². The van der Waals surface area contributed by atoms with Gasteiger partial charge in [0, 0.05) is 17.3 Å². The average molecular weight is 436 g/mol. The molecule has 2 aromatic rings. The van der Waals surface area contributed by atoms with E-state index in [1.54, 1.807) is 10.7 Å². The van der Waals surface area contributed by atoms with Gasteiger partial charge in [0.25, 0.3) is 0 Å². The molecular weight excluding hydrogens is 415 g/mol. The second kappa shape index (κ2) is 10.8. The van der Waals surface area contributed by atoms with E-state index < -0.39 is 12.2 Å². The number of benzene rings is 1. The zero-order valence-electron chi connectivity index (χ0n) is 16.0. The predicted octanol–water partition coefficient (Wildman–Crippen LogP) is 3.55. The van der Waals surface area contributed by atoms with E-state index in [1.165, 1.54) is 19.2 Å². The third kappa shape index (κ3) is 6.22. The number of halogens is 4. The van der Waals surface area contributed by atoms with Crippen molar-refractivity contribution >= 4 is 23.4 Å². The maximum absolute atomic E-state index is 12.7. The first-order valence-electron chi connectivity index (χ1n) is 8.51. The first-order chi connectivity index (χ1) is 13.6. The first kappa shape index (κ1) is 24.5. The molecule has 1 aromatic heterocycles. The Hall–Kier alpha value is -2.55. The molecule has 0 amide bonds. The lowest BCUT2D eigenvalue weighted by molar-refractivity contribution is -0.191. The van der Waals surface area contributed by atoms with Gasteiger partial charge in [0.2, 0.25) is 0 Å². The minimum absolute atomic E-state index is 0.126. The highest BCUT2D eigenvalue weighted by molar-refractivity contribution is 6.33. The number of aromatic nitrogens is 2. The number of methoxy groups -OCH3 is 1. The molecule has 1 aromatic carbocycles. The summed E-state index contributed by atoms with van der Waals surface area (Å²) in [5.74, 6) is 0.355. The lowest BCUT2D eigenvalue weighted by Crippen LogP contribution is -2.33. The van der Waals surface area contributed by atoms with Crippen molar-refractivity contribution in [2.24, 2.45) is 0 Å². The Labute approximate surface area is 170 Å². The Bertz CT molecular complexity index is 850. The van der Waals surface area contributed by atoms with Crippen molar-refractivity contribution in [3.63, 3.8) is 0 Å². The minimum Gasteiger partial charge on any atom is -0.496 e. The smallest absolute Gasteiger partial charge is 0.408 e. The Kier molecular flexibility index (Phi) is 9.16. The van der Waals surface area contributed by atoms with Crippen LogP contribution in [0.4, 0.5) is 18.9 Å². The number of anilines is 1. The van der Waals surface area contributed by atoms with Gasteiger partial charge in [-0.25, -0.2) is 0 Å². The maximum Gasteiger partial charge on any atom is 0.408 e. The number of aliphatic hydroxyl groups is 1. The highest BCUT2D eigenvalue weighted by Crippen LogP contribution is 2.38. The molecule has 7 nitrogen and oxygen atoms in total. The van der Waals surface area contributed by atoms with Gasteiger partial charge in [-0.3, -0.25) is 4.68 Å². The number of aryl methyl sites for hydroxylation is 1. The maximum atomic E-state index is 12.7. The summed E-state index contributed by atoms with van der Waals surface area (Å²) in [5.41, 5.74) is 2.09. The van der Waals surface area contributed by atoms with Gasteiger partial charge in [0.1, 0.15) is 11.8 Å². The normalized spacial score (nSPS) is 11.9. The van der Waals surface area contributed by atoms with Crippen LogP contribution in [0.25, 0.3) is 11.3 Å². The van der Waals surface area contributed by atoms with E-state index in [0.29, 0.717) is 34.1 Å². The van der Waals surface area contributed by atoms with Gasteiger partial charge in [-0.1, -0.05) is 18.5 Å². The molecule has 1 heterocycles. The standard InChI is InChI=1S/C17H21ClF3N3O2.CO2/c1-4-13-15(18)16(24(23-13)7-8-25)12-6-5-11(9-14(12)26-3)22-10(2)17(19,20)21;2-1-3/h5-6,9-10,22,25H,4,7-8H2,1-3H3;/t10-;/m1./s1. The van der Waals surface area contributed by atoms with Gasteiger partial charge in [-0.15, -0.1) is 0 Å². The molecule has 2 rings (SSSR count). The van der Waals surface area contributed by atoms with Crippen molar-refractivity contribution in [3.8, 4) is 17.0 Å². The third-order valence-corrected chi connectivity index (χ3v) is 4.34. The lowest BCUT2D eigenvalue weighted by atomic mass is 10.1. The van der Waals surface area contributed by atoms with Crippen molar-refractivity contribution < 1.29 is 32.6 Å². The number of nitrogens with one attached hydrogen (secondary N) is 1. The number of carbonyl (C=O) groups excluding carboxylic acids is 2. The van der Waals surface area contributed by atoms with E-state index in [2.05, 4.69) is 10.4 Å². The van der Waals surface area contributed by atoms with Crippen molar-refractivity contribution in [2.45, 2.75) is 39.0 Å². The van der Waals surface area contributed by atoms with Crippen LogP contribution in [-0.2, 0) is 22.6 Å². The van der Waals surface area contributed by atoms with Crippen LogP contribution in [0.3, 0.4) is 0 Å². The summed E-state index contributed by atoms with van der Waals surface area (Å²) >= 11 is 6.43. The Morgan fingerprint density at radius 2 is 2.00 bits per heavy atom. The van der Waals surface area contributed by atoms with Crippen LogP contribution in [0.5, 0.6) is 5.75 Å². The molecule has 1 atom stereocenters. The highest BCUT2D eigenvalue weighted by Gasteiger charge is 2.36. The van der Waals surface area contributed by atoms with Gasteiger partial charge >= 0.3 is 12.3 Å². The second-order valence-electron chi connectivity index (χ2n) is 5.82. The fraction of sp³-hybridized carbons (Fsp3) is 0.444. The van der Waals surface area contributed by atoms with Crippen molar-refractivity contribution in [1.82, 2.24) is 9.78 Å². The van der Waals surface area contributed by atoms with E-state index in [4.69, 9.17) is 25.9 Å². The highest BCUT2D eigenvalue weighted by atomic mass is 35.5. The largest absolute Gasteiger partial charge is 0.496 e. The zero-order valence-corrected chi connectivity index (χ0v) is 16.8. The predicted molar refractivity (Wildman–Crippen MR) is 99.8 cm³/mol. The topological polar surface area (TPSA) is 93.4 Å². The van der Waals surface area contributed by atoms with E-state index in [0.717, 1.165) is 6.92 Å². The monoisotopic (exact) mass is 435 g/mol. The van der Waals surface area contributed by atoms with Gasteiger partial charge < -0.3 is 15.2 Å². The van der Waals surface area contributed by atoms with Crippen LogP contribution in [0.1, 0.15) is 19.5 Å². The fourth-order valence-electron chi connectivity index (χ4n) is 2.54. The summed E-state index contributed by atoms with van der Waals surface area (Å²) < 4.78 is 45.2. The first-order valence-corrected chi connectivity index (χ1v) is 8.89. The number of ether oxygens (including phenoxy) is 1. The quantitative estimate of drug-likeness (QED) is 0.691. The molecule has 0 spiro atoms. The molecule has 0 saturated heterocycles. The van der Waals surface area contributed by atoms with E-state index in [-0.39, 0.29) is 25.0 Å². The van der Waals surface area contributed by atoms with Crippen LogP contribution in [0.2, 0.25) is 5.02 Å². The summed E-state index contributed by atoms with van der Waals surface area (Å²) in [5, 5.41) is 16.5. The van der Waals surface area contributed by atoms with Crippen LogP contribution in [-0.4, -0.2) is 47.0 Å². The molecule has 0 unspecified atom stereocenters. The van der Waals surface area contributed by atoms with Crippen LogP contribution in [0.15, 0.2) is 18.2 Å². The molecule has 160 valence electrons. The molecule has 2 N–H and O–H groups in total. The van der Waals surface area contributed by atoms with Gasteiger partial charge in [-0.2, -0.15) is 27.9 Å². The summed E-state index contributed by atoms with van der Waals surface area (Å²) in [7, 11) is 1.43. The molecule has 0 bridgehead atoms. The number of rotatable bonds is 7. The summed E-state index contributed by atoms with van der Waals surface area (Å²) in [6.45, 7) is 3.06. The summed E-state index contributed by atoms with van der Waals surface area (Å²) in [6, 6.07) is 2.93. The molecule has 0 fully saturated rings. The number of alkyl halides is 3. The second-order valence-corrected chi connectivity index (χ2v) is 6.19. The van der Waals surface area contributed by atoms with Gasteiger partial charge in [0.05, 0.1) is 36.7 Å². The van der Waals surface area contributed by atoms with E-state index in [9.17, 15) is 18.3 Å². The van der Waals surface area contributed by atoms with Crippen LogP contribution >= 0.6 is 11.6 Å². The molecule has 0 aliphatic rings. The molecule has 0 aliphatic heterocycles. The summed E-state index contributed by atoms with van der Waals surface area (Å²) in [4.78, 5) is 16.2. The van der Waals surface area contributed by atoms with Crippen molar-refractivity contribution in [2.75, 3.05) is 19.0 Å². The molecule has 0 radical (unpaired) electrons. The molecule has 29 heavy (non-hydrogen) atoms. The number of hydrogen-bond donors (Lipinski definition) is 2. The summed E-state index contributed by atoms with van der Waals surface area (Å²) in [6.07, 6.45) is -3.50. The van der Waals surface area contributed by atoms with Crippen LogP contribution in [0, 0.1) is 0 Å². The van der Waals surface area contributed by atoms with Crippen molar-refractivity contribution in [1.29, 1.82) is 0 Å². The third-order valence-electron chi connectivity index (χ3n) is 3.94. The minimum atomic E-state index is -4.36. The van der Waals surface area contributed by atoms with E-state index in [1.807, 2.05) is 6.92 Å². The average Bonchev–Trinajstić information content (AvgIpc) is 2.97. The Morgan fingerprint density at radius 3 is 2.48 bits per heavy atom. The number of aliphatic hydroxyl groups excluding tert-OH is 1. The molecular formula is C18H21ClF3N3O4. The SMILES string of the molecule is CCc1nn(CCO)c(-c2ccc(N[C@H](C)C(F)(F)F)cc2OC)c1Cl.O=C=O. The number of hydrogen-bond acceptors (Lipinski definition) is 6. The van der Waals surface area contributed by atoms with E-state index >= 15 is 0 Å². The fourth-order valence-corrected chi connectivity index (χ4v) is 2.91. The van der Waals surface area contributed by atoms with Gasteiger partial charge in [0.15, 0.2) is 0 Å². The zero-order chi connectivity index (χ0) is 22.2. The van der Waals surface area contributed by atoms with Crippen LogP contribution < -0.4 is 10.1 Å². The molecule has 11 heteroatoms.